The smallest absolute Gasteiger partial charge is 0.293 e. The van der Waals surface area contributed by atoms with Crippen LogP contribution in [0.15, 0.2) is 17.2 Å². The molecule has 0 aromatic carbocycles. The van der Waals surface area contributed by atoms with Gasteiger partial charge in [0.15, 0.2) is 5.82 Å². The summed E-state index contributed by atoms with van der Waals surface area (Å²) in [6.45, 7) is 8.33. The van der Waals surface area contributed by atoms with Crippen molar-refractivity contribution in [3.8, 4) is 0 Å². The second-order valence-electron chi connectivity index (χ2n) is 5.13. The van der Waals surface area contributed by atoms with E-state index in [0.29, 0.717) is 11.9 Å². The number of hydrogen-bond acceptors (Lipinski definition) is 4. The van der Waals surface area contributed by atoms with Crippen LogP contribution < -0.4 is 10.9 Å². The van der Waals surface area contributed by atoms with Gasteiger partial charge in [-0.2, -0.15) is 0 Å². The number of likely N-dealkylation sites (tertiary alicyclic amines) is 1. The number of hydrogen-bond donors (Lipinski definition) is 1. The Morgan fingerprint density at radius 2 is 2.11 bits per heavy atom. The normalized spacial score (nSPS) is 17.6. The molecule has 0 radical (unpaired) electrons. The molecule has 0 atom stereocenters. The number of aryl methyl sites for hydroxylation is 1. The fourth-order valence-corrected chi connectivity index (χ4v) is 2.55. The van der Waals surface area contributed by atoms with Gasteiger partial charge in [0.2, 0.25) is 0 Å². The molecule has 106 valence electrons. The van der Waals surface area contributed by atoms with Gasteiger partial charge in [-0.15, -0.1) is 0 Å². The van der Waals surface area contributed by atoms with Gasteiger partial charge in [0, 0.05) is 38.1 Å². The molecule has 1 aromatic heterocycles. The molecular weight excluding hydrogens is 240 g/mol. The van der Waals surface area contributed by atoms with E-state index in [0.717, 1.165) is 45.4 Å². The van der Waals surface area contributed by atoms with E-state index in [4.69, 9.17) is 0 Å². The van der Waals surface area contributed by atoms with Gasteiger partial charge in [-0.3, -0.25) is 4.79 Å². The monoisotopic (exact) mass is 264 g/mol. The van der Waals surface area contributed by atoms with Crippen LogP contribution in [0.3, 0.4) is 0 Å². The van der Waals surface area contributed by atoms with Crippen molar-refractivity contribution in [2.24, 2.45) is 0 Å². The molecule has 5 nitrogen and oxygen atoms in total. The third kappa shape index (κ3) is 3.56. The van der Waals surface area contributed by atoms with Crippen molar-refractivity contribution in [3.05, 3.63) is 22.7 Å². The lowest BCUT2D eigenvalue weighted by atomic mass is 10.1. The van der Waals surface area contributed by atoms with Crippen molar-refractivity contribution in [2.75, 3.05) is 25.0 Å². The van der Waals surface area contributed by atoms with Crippen LogP contribution in [0, 0.1) is 0 Å². The van der Waals surface area contributed by atoms with Crippen LogP contribution in [0.2, 0.25) is 0 Å². The first-order valence-corrected chi connectivity index (χ1v) is 7.29. The van der Waals surface area contributed by atoms with Crippen LogP contribution in [0.1, 0.15) is 33.1 Å². The van der Waals surface area contributed by atoms with E-state index < -0.39 is 0 Å². The zero-order chi connectivity index (χ0) is 13.7. The number of rotatable bonds is 5. The summed E-state index contributed by atoms with van der Waals surface area (Å²) in [6, 6.07) is 0.375. The Balaban J connectivity index is 2.00. The average molecular weight is 264 g/mol. The van der Waals surface area contributed by atoms with E-state index in [1.165, 1.54) is 0 Å². The van der Waals surface area contributed by atoms with Crippen LogP contribution in [-0.4, -0.2) is 40.1 Å². The molecule has 0 saturated carbocycles. The summed E-state index contributed by atoms with van der Waals surface area (Å²) in [7, 11) is 0. The van der Waals surface area contributed by atoms with Gasteiger partial charge in [0.1, 0.15) is 0 Å². The minimum absolute atomic E-state index is 0.00210. The summed E-state index contributed by atoms with van der Waals surface area (Å²) in [4.78, 5) is 18.8. The Morgan fingerprint density at radius 1 is 1.37 bits per heavy atom. The highest BCUT2D eigenvalue weighted by Gasteiger charge is 2.19. The summed E-state index contributed by atoms with van der Waals surface area (Å²) in [5, 5.41) is 3.32. The molecule has 0 unspecified atom stereocenters. The summed E-state index contributed by atoms with van der Waals surface area (Å²) < 4.78 is 1.73. The fraction of sp³-hybridized carbons (Fsp3) is 0.714. The highest BCUT2D eigenvalue weighted by molar-refractivity contribution is 5.32. The lowest BCUT2D eigenvalue weighted by Crippen LogP contribution is -2.40. The SMILES string of the molecule is CCCn1ccnc(NC2CCN(CC)CC2)c1=O. The van der Waals surface area contributed by atoms with E-state index in [1.54, 1.807) is 17.0 Å². The summed E-state index contributed by atoms with van der Waals surface area (Å²) in [5.41, 5.74) is 0.00210. The molecule has 0 aliphatic carbocycles. The molecule has 2 heterocycles. The highest BCUT2D eigenvalue weighted by Crippen LogP contribution is 2.12. The second kappa shape index (κ2) is 6.70. The molecule has 1 N–H and O–H groups in total. The number of piperidine rings is 1. The zero-order valence-electron chi connectivity index (χ0n) is 11.9. The number of nitrogens with zero attached hydrogens (tertiary/aromatic N) is 3. The molecule has 2 rings (SSSR count). The maximum Gasteiger partial charge on any atom is 0.293 e. The minimum Gasteiger partial charge on any atom is -0.363 e. The molecule has 1 aromatic rings. The lowest BCUT2D eigenvalue weighted by molar-refractivity contribution is 0.229. The largest absolute Gasteiger partial charge is 0.363 e. The van der Waals surface area contributed by atoms with Crippen molar-refractivity contribution in [1.29, 1.82) is 0 Å². The Labute approximate surface area is 114 Å². The number of aromatic nitrogens is 2. The molecular formula is C14H24N4O. The van der Waals surface area contributed by atoms with Crippen LogP contribution in [0.25, 0.3) is 0 Å². The Kier molecular flexibility index (Phi) is 4.96. The quantitative estimate of drug-likeness (QED) is 0.876. The third-order valence-corrected chi connectivity index (χ3v) is 3.75. The van der Waals surface area contributed by atoms with E-state index in [1.807, 2.05) is 0 Å². The third-order valence-electron chi connectivity index (χ3n) is 3.75. The molecule has 0 amide bonds. The minimum atomic E-state index is 0.00210. The first-order valence-electron chi connectivity index (χ1n) is 7.29. The van der Waals surface area contributed by atoms with Crippen molar-refractivity contribution in [1.82, 2.24) is 14.5 Å². The van der Waals surface area contributed by atoms with Crippen molar-refractivity contribution in [3.63, 3.8) is 0 Å². The van der Waals surface area contributed by atoms with E-state index >= 15 is 0 Å². The Bertz CT molecular complexity index is 449. The summed E-state index contributed by atoms with van der Waals surface area (Å²) in [6.07, 6.45) is 6.59. The molecule has 0 bridgehead atoms. The summed E-state index contributed by atoms with van der Waals surface area (Å²) in [5.74, 6) is 0.505. The van der Waals surface area contributed by atoms with Crippen LogP contribution in [0.5, 0.6) is 0 Å². The molecule has 1 aliphatic rings. The molecule has 0 spiro atoms. The maximum atomic E-state index is 12.2. The molecule has 1 fully saturated rings. The second-order valence-corrected chi connectivity index (χ2v) is 5.13. The van der Waals surface area contributed by atoms with Gasteiger partial charge in [-0.1, -0.05) is 13.8 Å². The molecule has 1 saturated heterocycles. The number of nitrogens with one attached hydrogen (secondary N) is 1. The van der Waals surface area contributed by atoms with E-state index in [-0.39, 0.29) is 5.56 Å². The topological polar surface area (TPSA) is 50.2 Å². The Morgan fingerprint density at radius 3 is 2.74 bits per heavy atom. The van der Waals surface area contributed by atoms with Crippen LogP contribution in [0.4, 0.5) is 5.82 Å². The molecule has 19 heavy (non-hydrogen) atoms. The molecule has 1 aliphatic heterocycles. The Hall–Kier alpha value is -1.36. The fourth-order valence-electron chi connectivity index (χ4n) is 2.55. The zero-order valence-corrected chi connectivity index (χ0v) is 11.9. The van der Waals surface area contributed by atoms with Crippen molar-refractivity contribution < 1.29 is 0 Å². The summed E-state index contributed by atoms with van der Waals surface area (Å²) >= 11 is 0. The van der Waals surface area contributed by atoms with Gasteiger partial charge in [-0.05, 0) is 25.8 Å². The van der Waals surface area contributed by atoms with Crippen molar-refractivity contribution >= 4 is 5.82 Å². The first-order chi connectivity index (χ1) is 9.24. The predicted octanol–water partition coefficient (Wildman–Crippen LogP) is 1.55. The first kappa shape index (κ1) is 14.1. The molecule has 5 heteroatoms. The van der Waals surface area contributed by atoms with Crippen LogP contribution >= 0.6 is 0 Å². The van der Waals surface area contributed by atoms with Gasteiger partial charge >= 0.3 is 0 Å². The highest BCUT2D eigenvalue weighted by atomic mass is 16.1. The number of anilines is 1. The van der Waals surface area contributed by atoms with Crippen molar-refractivity contribution in [2.45, 2.75) is 45.7 Å². The van der Waals surface area contributed by atoms with Crippen LogP contribution in [-0.2, 0) is 6.54 Å². The average Bonchev–Trinajstić information content (AvgIpc) is 2.44. The van der Waals surface area contributed by atoms with Gasteiger partial charge in [-0.25, -0.2) is 4.98 Å². The standard InChI is InChI=1S/C14H24N4O/c1-3-8-18-11-7-15-13(14(18)19)16-12-5-9-17(4-2)10-6-12/h7,11-12H,3-6,8-10H2,1-2H3,(H,15,16). The van der Waals surface area contributed by atoms with E-state index in [9.17, 15) is 4.79 Å². The van der Waals surface area contributed by atoms with Gasteiger partial charge in [0.05, 0.1) is 0 Å². The van der Waals surface area contributed by atoms with Gasteiger partial charge < -0.3 is 14.8 Å². The predicted molar refractivity (Wildman–Crippen MR) is 77.5 cm³/mol. The maximum absolute atomic E-state index is 12.2. The van der Waals surface area contributed by atoms with Gasteiger partial charge in [0.25, 0.3) is 5.56 Å². The van der Waals surface area contributed by atoms with E-state index in [2.05, 4.69) is 29.0 Å². The lowest BCUT2D eigenvalue weighted by Gasteiger charge is -2.31.